The number of ether oxygens (including phenoxy) is 2. The molecule has 1 amide bonds. The molecule has 0 fully saturated rings. The Balaban J connectivity index is 1.24. The third kappa shape index (κ3) is 4.62. The molecule has 3 aromatic rings. The van der Waals surface area contributed by atoms with Gasteiger partial charge in [0.2, 0.25) is 5.91 Å². The summed E-state index contributed by atoms with van der Waals surface area (Å²) >= 11 is 0. The molecule has 2 heterocycles. The van der Waals surface area contributed by atoms with Crippen LogP contribution in [-0.2, 0) is 17.6 Å². The van der Waals surface area contributed by atoms with Gasteiger partial charge in [0.05, 0.1) is 20.6 Å². The molecule has 0 saturated heterocycles. The molecule has 1 aliphatic rings. The number of rotatable bonds is 10. The predicted molar refractivity (Wildman–Crippen MR) is 115 cm³/mol. The number of H-pyrrole nitrogens is 1. The lowest BCUT2D eigenvalue weighted by Crippen LogP contribution is -2.30. The molecule has 2 N–H and O–H groups in total. The summed E-state index contributed by atoms with van der Waals surface area (Å²) in [5.74, 6) is 1.64. The Hall–Kier alpha value is -3.35. The van der Waals surface area contributed by atoms with Gasteiger partial charge < -0.3 is 19.8 Å². The van der Waals surface area contributed by atoms with Gasteiger partial charge in [-0.1, -0.05) is 12.1 Å². The highest BCUT2D eigenvalue weighted by molar-refractivity contribution is 5.84. The minimum Gasteiger partial charge on any atom is -0.497 e. The van der Waals surface area contributed by atoms with E-state index in [0.29, 0.717) is 13.0 Å². The van der Waals surface area contributed by atoms with E-state index in [2.05, 4.69) is 20.5 Å². The maximum absolute atomic E-state index is 12.4. The zero-order chi connectivity index (χ0) is 21.0. The Morgan fingerprint density at radius 2 is 1.77 bits per heavy atom. The largest absolute Gasteiger partial charge is 0.497 e. The van der Waals surface area contributed by atoms with Crippen LogP contribution in [0.3, 0.4) is 0 Å². The number of amides is 1. The van der Waals surface area contributed by atoms with Crippen molar-refractivity contribution in [3.05, 3.63) is 59.8 Å². The molecule has 7 nitrogen and oxygen atoms in total. The minimum atomic E-state index is -0.557. The number of carbonyl (C=O) groups is 1. The molecule has 0 unspecified atom stereocenters. The molecule has 1 aliphatic heterocycles. The average Bonchev–Trinajstić information content (AvgIpc) is 3.42. The summed E-state index contributed by atoms with van der Waals surface area (Å²) in [4.78, 5) is 15.7. The number of fused-ring (bicyclic) bond motifs is 1. The van der Waals surface area contributed by atoms with Gasteiger partial charge in [-0.05, 0) is 54.3 Å². The molecule has 7 heteroatoms. The number of methoxy groups -OCH3 is 2. The first-order valence-electron chi connectivity index (χ1n) is 10.1. The summed E-state index contributed by atoms with van der Waals surface area (Å²) in [5.41, 5.74) is 2.84. The van der Waals surface area contributed by atoms with Crippen LogP contribution in [0.2, 0.25) is 0 Å². The number of hydrogen-bond acceptors (Lipinski definition) is 5. The Labute approximate surface area is 175 Å². The highest BCUT2D eigenvalue weighted by Gasteiger charge is 2.41. The van der Waals surface area contributed by atoms with Crippen LogP contribution in [0.4, 0.5) is 0 Å². The van der Waals surface area contributed by atoms with Gasteiger partial charge in [-0.3, -0.25) is 4.79 Å². The molecule has 2 aromatic carbocycles. The molecule has 0 aliphatic carbocycles. The van der Waals surface area contributed by atoms with Gasteiger partial charge in [0.15, 0.2) is 5.66 Å². The molecule has 156 valence electrons. The van der Waals surface area contributed by atoms with Crippen LogP contribution in [0.1, 0.15) is 24.0 Å². The lowest BCUT2D eigenvalue weighted by atomic mass is 9.99. The summed E-state index contributed by atoms with van der Waals surface area (Å²) in [5, 5.41) is 12.4. The second-order valence-electron chi connectivity index (χ2n) is 7.53. The quantitative estimate of drug-likeness (QED) is 0.533. The minimum absolute atomic E-state index is 0.0212. The van der Waals surface area contributed by atoms with E-state index in [-0.39, 0.29) is 5.91 Å². The van der Waals surface area contributed by atoms with Crippen LogP contribution in [0.5, 0.6) is 11.5 Å². The monoisotopic (exact) mass is 406 g/mol. The molecule has 1 aromatic heterocycles. The smallest absolute Gasteiger partial charge is 0.224 e. The van der Waals surface area contributed by atoms with E-state index in [1.807, 2.05) is 48.7 Å². The third-order valence-corrected chi connectivity index (χ3v) is 5.49. The van der Waals surface area contributed by atoms with E-state index in [1.54, 1.807) is 14.2 Å². The van der Waals surface area contributed by atoms with Gasteiger partial charge in [0, 0.05) is 30.1 Å². The first-order chi connectivity index (χ1) is 14.6. The fourth-order valence-electron chi connectivity index (χ4n) is 3.61. The number of benzene rings is 2. The molecular formula is C23H26N4O3. The van der Waals surface area contributed by atoms with Gasteiger partial charge in [-0.25, -0.2) is 0 Å². The Morgan fingerprint density at radius 1 is 1.03 bits per heavy atom. The van der Waals surface area contributed by atoms with Crippen LogP contribution < -0.4 is 14.8 Å². The number of nitrogens with zero attached hydrogens (tertiary/aromatic N) is 2. The lowest BCUT2D eigenvalue weighted by Gasteiger charge is -2.11. The van der Waals surface area contributed by atoms with Crippen molar-refractivity contribution in [1.82, 2.24) is 10.3 Å². The predicted octanol–water partition coefficient (Wildman–Crippen LogP) is 4.03. The van der Waals surface area contributed by atoms with Crippen LogP contribution in [-0.4, -0.2) is 37.3 Å². The second kappa shape index (κ2) is 8.57. The Morgan fingerprint density at radius 3 is 2.47 bits per heavy atom. The van der Waals surface area contributed by atoms with Crippen LogP contribution in [0, 0.1) is 0 Å². The zero-order valence-electron chi connectivity index (χ0n) is 17.3. The first-order valence-corrected chi connectivity index (χ1v) is 10.1. The van der Waals surface area contributed by atoms with E-state index in [9.17, 15) is 4.79 Å². The number of nitrogens with one attached hydrogen (secondary N) is 2. The highest BCUT2D eigenvalue weighted by atomic mass is 16.5. The van der Waals surface area contributed by atoms with Gasteiger partial charge in [0.1, 0.15) is 11.5 Å². The normalized spacial score (nSPS) is 13.9. The van der Waals surface area contributed by atoms with Crippen LogP contribution in [0.15, 0.2) is 58.9 Å². The van der Waals surface area contributed by atoms with Crippen molar-refractivity contribution in [2.45, 2.75) is 31.3 Å². The number of carbonyl (C=O) groups excluding carboxylic acids is 1. The zero-order valence-corrected chi connectivity index (χ0v) is 17.3. The summed E-state index contributed by atoms with van der Waals surface area (Å²) in [6, 6.07) is 13.9. The standard InChI is InChI=1S/C23H26N4O3/c1-29-18-5-3-16(4-6-18)9-11-23(26-27-23)14-22(28)24-12-10-17-15-25-21-8-7-19(30-2)13-20(17)21/h3-8,13,15,25H,9-12,14H2,1-2H3,(H,24,28). The number of aromatic amines is 1. The summed E-state index contributed by atoms with van der Waals surface area (Å²) in [6.07, 6.45) is 4.57. The molecule has 4 rings (SSSR count). The summed E-state index contributed by atoms with van der Waals surface area (Å²) in [6.45, 7) is 0.567. The molecule has 0 radical (unpaired) electrons. The van der Waals surface area contributed by atoms with E-state index < -0.39 is 5.66 Å². The van der Waals surface area contributed by atoms with E-state index in [0.717, 1.165) is 47.2 Å². The summed E-state index contributed by atoms with van der Waals surface area (Å²) in [7, 11) is 3.31. The van der Waals surface area contributed by atoms with Crippen molar-refractivity contribution in [3.63, 3.8) is 0 Å². The van der Waals surface area contributed by atoms with Crippen molar-refractivity contribution in [2.75, 3.05) is 20.8 Å². The van der Waals surface area contributed by atoms with Crippen molar-refractivity contribution in [2.24, 2.45) is 10.2 Å². The molecule has 30 heavy (non-hydrogen) atoms. The number of hydrogen-bond donors (Lipinski definition) is 2. The fraction of sp³-hybridized carbons (Fsp3) is 0.348. The number of aromatic nitrogens is 1. The van der Waals surface area contributed by atoms with E-state index in [1.165, 1.54) is 5.56 Å². The third-order valence-electron chi connectivity index (χ3n) is 5.49. The molecule has 0 bridgehead atoms. The van der Waals surface area contributed by atoms with Crippen molar-refractivity contribution in [3.8, 4) is 11.5 Å². The van der Waals surface area contributed by atoms with Gasteiger partial charge >= 0.3 is 0 Å². The van der Waals surface area contributed by atoms with Crippen molar-refractivity contribution in [1.29, 1.82) is 0 Å². The molecular weight excluding hydrogens is 380 g/mol. The molecule has 0 saturated carbocycles. The molecule has 0 atom stereocenters. The summed E-state index contributed by atoms with van der Waals surface area (Å²) < 4.78 is 10.5. The van der Waals surface area contributed by atoms with Gasteiger partial charge in [-0.15, -0.1) is 0 Å². The maximum atomic E-state index is 12.4. The second-order valence-corrected chi connectivity index (χ2v) is 7.53. The number of aryl methyl sites for hydroxylation is 1. The van der Waals surface area contributed by atoms with Crippen molar-refractivity contribution < 1.29 is 14.3 Å². The Kier molecular flexibility index (Phi) is 5.70. The Bertz CT molecular complexity index is 1050. The van der Waals surface area contributed by atoms with Crippen LogP contribution >= 0.6 is 0 Å². The highest BCUT2D eigenvalue weighted by Crippen LogP contribution is 2.36. The van der Waals surface area contributed by atoms with Crippen molar-refractivity contribution >= 4 is 16.8 Å². The van der Waals surface area contributed by atoms with Gasteiger partial charge in [0.25, 0.3) is 0 Å². The SMILES string of the molecule is COc1ccc(CCC2(CC(=O)NCCc3c[nH]c4ccc(OC)cc34)N=N2)cc1. The van der Waals surface area contributed by atoms with E-state index in [4.69, 9.17) is 9.47 Å². The maximum Gasteiger partial charge on any atom is 0.224 e. The lowest BCUT2D eigenvalue weighted by molar-refractivity contribution is -0.121. The van der Waals surface area contributed by atoms with Crippen LogP contribution in [0.25, 0.3) is 10.9 Å². The topological polar surface area (TPSA) is 88.1 Å². The van der Waals surface area contributed by atoms with E-state index >= 15 is 0 Å². The fourth-order valence-corrected chi connectivity index (χ4v) is 3.61. The molecule has 0 spiro atoms. The average molecular weight is 406 g/mol. The first kappa shape index (κ1) is 19.9. The van der Waals surface area contributed by atoms with Gasteiger partial charge in [-0.2, -0.15) is 10.2 Å².